The monoisotopic (exact) mass is 327 g/mol. The normalized spacial score (nSPS) is 23.1. The summed E-state index contributed by atoms with van der Waals surface area (Å²) in [5, 5.41) is 17.6. The third-order valence-electron chi connectivity index (χ3n) is 3.65. The van der Waals surface area contributed by atoms with Crippen LogP contribution in [0.4, 0.5) is 11.4 Å². The summed E-state index contributed by atoms with van der Waals surface area (Å²) in [6.07, 6.45) is 4.30. The van der Waals surface area contributed by atoms with Gasteiger partial charge in [0.25, 0.3) is 5.69 Å². The number of nitrogens with zero attached hydrogens (tertiary/aromatic N) is 1. The Hall–Kier alpha value is -1.14. The van der Waals surface area contributed by atoms with E-state index in [4.69, 9.17) is 0 Å². The highest BCUT2D eigenvalue weighted by Gasteiger charge is 2.22. The molecule has 1 aliphatic rings. The van der Waals surface area contributed by atoms with Crippen molar-refractivity contribution in [3.05, 3.63) is 32.8 Å². The van der Waals surface area contributed by atoms with Gasteiger partial charge in [-0.05, 0) is 44.9 Å². The van der Waals surface area contributed by atoms with Crippen molar-refractivity contribution in [3.8, 4) is 0 Å². The molecule has 0 saturated heterocycles. The molecule has 0 bridgehead atoms. The highest BCUT2D eigenvalue weighted by molar-refractivity contribution is 9.10. The number of benzene rings is 1. The van der Waals surface area contributed by atoms with Crippen LogP contribution >= 0.6 is 15.9 Å². The molecule has 1 aliphatic carbocycles. The molecule has 0 atom stereocenters. The van der Waals surface area contributed by atoms with E-state index in [-0.39, 0.29) is 10.6 Å². The van der Waals surface area contributed by atoms with Crippen molar-refractivity contribution in [1.82, 2.24) is 5.32 Å². The van der Waals surface area contributed by atoms with Crippen LogP contribution in [0.5, 0.6) is 0 Å². The van der Waals surface area contributed by atoms with Crippen molar-refractivity contribution >= 4 is 27.3 Å². The fraction of sp³-hybridized carbons (Fsp3) is 0.538. The third-order valence-corrected chi connectivity index (χ3v) is 4.14. The number of anilines is 1. The fourth-order valence-corrected chi connectivity index (χ4v) is 2.87. The topological polar surface area (TPSA) is 67.2 Å². The van der Waals surface area contributed by atoms with Gasteiger partial charge in [-0.1, -0.05) is 15.9 Å². The zero-order valence-electron chi connectivity index (χ0n) is 10.9. The van der Waals surface area contributed by atoms with E-state index in [0.717, 1.165) is 30.2 Å². The largest absolute Gasteiger partial charge is 0.377 e. The summed E-state index contributed by atoms with van der Waals surface area (Å²) in [6.45, 7) is 0. The van der Waals surface area contributed by atoms with Gasteiger partial charge in [-0.2, -0.15) is 0 Å². The van der Waals surface area contributed by atoms with Gasteiger partial charge in [-0.3, -0.25) is 10.1 Å². The van der Waals surface area contributed by atoms with Crippen LogP contribution in [0.3, 0.4) is 0 Å². The lowest BCUT2D eigenvalue weighted by molar-refractivity contribution is -0.384. The molecule has 0 spiro atoms. The van der Waals surface area contributed by atoms with E-state index in [1.165, 1.54) is 0 Å². The average Bonchev–Trinajstić information content (AvgIpc) is 2.41. The van der Waals surface area contributed by atoms with Crippen LogP contribution in [0.2, 0.25) is 0 Å². The number of halogens is 1. The first-order valence-corrected chi connectivity index (χ1v) is 7.27. The standard InChI is InChI=1S/C13H18BrN3O2/c1-15-10-3-5-11(6-4-10)16-12-7-2-9(14)8-13(12)17(18)19/h2,7-8,10-11,15-16H,3-6H2,1H3. The van der Waals surface area contributed by atoms with Crippen LogP contribution in [-0.4, -0.2) is 24.1 Å². The first-order valence-electron chi connectivity index (χ1n) is 6.48. The van der Waals surface area contributed by atoms with Crippen LogP contribution in [0.25, 0.3) is 0 Å². The Morgan fingerprint density at radius 3 is 2.47 bits per heavy atom. The van der Waals surface area contributed by atoms with Crippen LogP contribution < -0.4 is 10.6 Å². The molecule has 104 valence electrons. The van der Waals surface area contributed by atoms with E-state index in [0.29, 0.717) is 17.8 Å². The van der Waals surface area contributed by atoms with Gasteiger partial charge < -0.3 is 10.6 Å². The fourth-order valence-electron chi connectivity index (χ4n) is 2.52. The lowest BCUT2D eigenvalue weighted by Crippen LogP contribution is -2.35. The second kappa shape index (κ2) is 6.34. The van der Waals surface area contributed by atoms with E-state index in [1.54, 1.807) is 12.1 Å². The minimum absolute atomic E-state index is 0.130. The predicted octanol–water partition coefficient (Wildman–Crippen LogP) is 3.30. The quantitative estimate of drug-likeness (QED) is 0.657. The maximum Gasteiger partial charge on any atom is 0.293 e. The Labute approximate surface area is 121 Å². The summed E-state index contributed by atoms with van der Waals surface area (Å²) in [5.41, 5.74) is 0.742. The molecule has 0 unspecified atom stereocenters. The second-order valence-electron chi connectivity index (χ2n) is 4.90. The molecule has 1 saturated carbocycles. The van der Waals surface area contributed by atoms with Crippen LogP contribution in [0, 0.1) is 10.1 Å². The number of hydrogen-bond donors (Lipinski definition) is 2. The number of nitro groups is 1. The van der Waals surface area contributed by atoms with Gasteiger partial charge in [0.15, 0.2) is 0 Å². The smallest absolute Gasteiger partial charge is 0.293 e. The van der Waals surface area contributed by atoms with Crippen molar-refractivity contribution in [2.75, 3.05) is 12.4 Å². The maximum absolute atomic E-state index is 11.0. The molecule has 0 amide bonds. The van der Waals surface area contributed by atoms with Crippen molar-refractivity contribution in [2.24, 2.45) is 0 Å². The minimum Gasteiger partial charge on any atom is -0.377 e. The molecule has 0 heterocycles. The van der Waals surface area contributed by atoms with Crippen molar-refractivity contribution in [1.29, 1.82) is 0 Å². The highest BCUT2D eigenvalue weighted by Crippen LogP contribution is 2.30. The lowest BCUT2D eigenvalue weighted by atomic mass is 9.91. The third kappa shape index (κ3) is 3.67. The molecule has 1 aromatic rings. The number of nitro benzene ring substituents is 1. The van der Waals surface area contributed by atoms with Gasteiger partial charge in [0.2, 0.25) is 0 Å². The van der Waals surface area contributed by atoms with Gasteiger partial charge in [0.05, 0.1) is 4.92 Å². The summed E-state index contributed by atoms with van der Waals surface area (Å²) < 4.78 is 0.726. The Balaban J connectivity index is 2.05. The SMILES string of the molecule is CNC1CCC(Nc2ccc(Br)cc2[N+](=O)[O-])CC1. The highest BCUT2D eigenvalue weighted by atomic mass is 79.9. The van der Waals surface area contributed by atoms with Crippen molar-refractivity contribution in [2.45, 2.75) is 37.8 Å². The van der Waals surface area contributed by atoms with E-state index < -0.39 is 0 Å². The summed E-state index contributed by atoms with van der Waals surface area (Å²) in [4.78, 5) is 10.7. The lowest BCUT2D eigenvalue weighted by Gasteiger charge is -2.29. The number of hydrogen-bond acceptors (Lipinski definition) is 4. The Kier molecular flexibility index (Phi) is 4.76. The van der Waals surface area contributed by atoms with Crippen LogP contribution in [0.15, 0.2) is 22.7 Å². The van der Waals surface area contributed by atoms with Gasteiger partial charge >= 0.3 is 0 Å². The number of rotatable bonds is 4. The molecule has 1 aromatic carbocycles. The molecular formula is C13H18BrN3O2. The maximum atomic E-state index is 11.0. The molecule has 1 fully saturated rings. The molecule has 0 radical (unpaired) electrons. The summed E-state index contributed by atoms with van der Waals surface area (Å²) in [5.74, 6) is 0. The Bertz CT molecular complexity index is 459. The minimum atomic E-state index is -0.341. The molecule has 5 nitrogen and oxygen atoms in total. The zero-order chi connectivity index (χ0) is 13.8. The van der Waals surface area contributed by atoms with Gasteiger partial charge in [0, 0.05) is 22.6 Å². The molecule has 2 rings (SSSR count). The summed E-state index contributed by atoms with van der Waals surface area (Å²) in [6, 6.07) is 6.05. The van der Waals surface area contributed by atoms with Gasteiger partial charge in [0.1, 0.15) is 5.69 Å². The molecule has 2 N–H and O–H groups in total. The van der Waals surface area contributed by atoms with E-state index in [9.17, 15) is 10.1 Å². The summed E-state index contributed by atoms with van der Waals surface area (Å²) >= 11 is 3.27. The summed E-state index contributed by atoms with van der Waals surface area (Å²) in [7, 11) is 1.98. The molecule has 6 heteroatoms. The van der Waals surface area contributed by atoms with Gasteiger partial charge in [-0.15, -0.1) is 0 Å². The van der Waals surface area contributed by atoms with Gasteiger partial charge in [-0.25, -0.2) is 0 Å². The molecule has 0 aromatic heterocycles. The average molecular weight is 328 g/mol. The van der Waals surface area contributed by atoms with Crippen molar-refractivity contribution < 1.29 is 4.92 Å². The second-order valence-corrected chi connectivity index (χ2v) is 5.82. The molecule has 0 aliphatic heterocycles. The predicted molar refractivity (Wildman–Crippen MR) is 79.5 cm³/mol. The van der Waals surface area contributed by atoms with Crippen LogP contribution in [0.1, 0.15) is 25.7 Å². The van der Waals surface area contributed by atoms with Crippen molar-refractivity contribution in [3.63, 3.8) is 0 Å². The Morgan fingerprint density at radius 2 is 1.89 bits per heavy atom. The van der Waals surface area contributed by atoms with Crippen LogP contribution in [-0.2, 0) is 0 Å². The molecular weight excluding hydrogens is 310 g/mol. The first-order chi connectivity index (χ1) is 9.10. The molecule has 19 heavy (non-hydrogen) atoms. The first kappa shape index (κ1) is 14.3. The van der Waals surface area contributed by atoms with E-state index in [2.05, 4.69) is 26.6 Å². The zero-order valence-corrected chi connectivity index (χ0v) is 12.4. The van der Waals surface area contributed by atoms with E-state index >= 15 is 0 Å². The van der Waals surface area contributed by atoms with E-state index in [1.807, 2.05) is 13.1 Å². The Morgan fingerprint density at radius 1 is 1.26 bits per heavy atom. The number of nitrogens with one attached hydrogen (secondary N) is 2.